The molecule has 0 radical (unpaired) electrons. The lowest BCUT2D eigenvalue weighted by Crippen LogP contribution is -2.52. The molecule has 0 rings (SSSR count). The van der Waals surface area contributed by atoms with Gasteiger partial charge in [0.15, 0.2) is 12.4 Å². The molecular formula is C6H10F2O6. The van der Waals surface area contributed by atoms with E-state index in [9.17, 15) is 13.6 Å². The molecule has 14 heavy (non-hydrogen) atoms. The minimum atomic E-state index is -4.64. The maximum Gasteiger partial charge on any atom is 0.381 e. The van der Waals surface area contributed by atoms with Crippen LogP contribution in [0.4, 0.5) is 8.78 Å². The Bertz CT molecular complexity index is 193. The van der Waals surface area contributed by atoms with Gasteiger partial charge in [-0.3, -0.25) is 0 Å². The highest BCUT2D eigenvalue weighted by molar-refractivity contribution is 5.56. The number of aliphatic hydroxyl groups is 5. The quantitative estimate of drug-likeness (QED) is 0.317. The molecule has 0 fully saturated rings. The van der Waals surface area contributed by atoms with E-state index in [1.807, 2.05) is 0 Å². The summed E-state index contributed by atoms with van der Waals surface area (Å²) in [6.07, 6.45) is -14.8. The highest BCUT2D eigenvalue weighted by atomic mass is 19.3. The normalized spacial score (nSPS) is 21.1. The first kappa shape index (κ1) is 13.3. The second-order valence-electron chi connectivity index (χ2n) is 2.64. The Labute approximate surface area is 77.0 Å². The fourth-order valence-electron chi connectivity index (χ4n) is 0.675. The molecule has 0 aliphatic heterocycles. The van der Waals surface area contributed by atoms with Crippen LogP contribution in [0.5, 0.6) is 0 Å². The van der Waals surface area contributed by atoms with Gasteiger partial charge in [0, 0.05) is 0 Å². The molecule has 0 bridgehead atoms. The van der Waals surface area contributed by atoms with Crippen molar-refractivity contribution >= 4 is 6.29 Å². The summed E-state index contributed by atoms with van der Waals surface area (Å²) in [5.74, 6) is 0. The molecule has 0 spiro atoms. The molecule has 8 heteroatoms. The average molecular weight is 216 g/mol. The Morgan fingerprint density at radius 3 is 1.79 bits per heavy atom. The molecule has 5 N–H and O–H groups in total. The summed E-state index contributed by atoms with van der Waals surface area (Å²) in [6.45, 7) is 0. The van der Waals surface area contributed by atoms with Gasteiger partial charge in [-0.25, -0.2) is 0 Å². The predicted octanol–water partition coefficient (Wildman–Crippen LogP) is -2.79. The number of halogens is 2. The van der Waals surface area contributed by atoms with Gasteiger partial charge in [0.2, 0.25) is 0 Å². The van der Waals surface area contributed by atoms with Crippen LogP contribution in [0, 0.1) is 0 Å². The average Bonchev–Trinajstić information content (AvgIpc) is 2.11. The molecular weight excluding hydrogens is 206 g/mol. The maximum absolute atomic E-state index is 12.0. The van der Waals surface area contributed by atoms with Crippen LogP contribution >= 0.6 is 0 Å². The Balaban J connectivity index is 4.46. The van der Waals surface area contributed by atoms with Gasteiger partial charge in [-0.1, -0.05) is 0 Å². The van der Waals surface area contributed by atoms with Gasteiger partial charge in [0.1, 0.15) is 18.3 Å². The molecule has 6 nitrogen and oxygen atoms in total. The highest BCUT2D eigenvalue weighted by Gasteiger charge is 2.45. The third kappa shape index (κ3) is 3.24. The van der Waals surface area contributed by atoms with E-state index in [4.69, 9.17) is 25.5 Å². The molecule has 0 unspecified atom stereocenters. The van der Waals surface area contributed by atoms with Crippen molar-refractivity contribution in [3.8, 4) is 0 Å². The van der Waals surface area contributed by atoms with Crippen LogP contribution in [0.3, 0.4) is 0 Å². The first-order chi connectivity index (χ1) is 6.21. The maximum atomic E-state index is 12.0. The van der Waals surface area contributed by atoms with E-state index in [2.05, 4.69) is 0 Å². The van der Waals surface area contributed by atoms with Gasteiger partial charge in [0.25, 0.3) is 0 Å². The van der Waals surface area contributed by atoms with Gasteiger partial charge in [-0.2, -0.15) is 8.78 Å². The van der Waals surface area contributed by atoms with Gasteiger partial charge in [-0.15, -0.1) is 0 Å². The zero-order chi connectivity index (χ0) is 11.5. The van der Waals surface area contributed by atoms with Crippen molar-refractivity contribution in [2.45, 2.75) is 30.5 Å². The van der Waals surface area contributed by atoms with Crippen LogP contribution in [-0.4, -0.2) is 62.3 Å². The summed E-state index contributed by atoms with van der Waals surface area (Å²) in [7, 11) is 0. The van der Waals surface area contributed by atoms with E-state index in [0.29, 0.717) is 0 Å². The monoisotopic (exact) mass is 216 g/mol. The molecule has 0 saturated carbocycles. The Morgan fingerprint density at radius 2 is 1.50 bits per heavy atom. The molecule has 0 heterocycles. The van der Waals surface area contributed by atoms with Crippen LogP contribution in [-0.2, 0) is 4.79 Å². The Morgan fingerprint density at radius 1 is 1.07 bits per heavy atom. The topological polar surface area (TPSA) is 118 Å². The largest absolute Gasteiger partial charge is 0.387 e. The minimum Gasteiger partial charge on any atom is -0.387 e. The van der Waals surface area contributed by atoms with Crippen molar-refractivity contribution in [3.63, 3.8) is 0 Å². The Kier molecular flexibility index (Phi) is 4.49. The molecule has 0 aromatic rings. The lowest BCUT2D eigenvalue weighted by atomic mass is 10.0. The first-order valence-electron chi connectivity index (χ1n) is 3.49. The van der Waals surface area contributed by atoms with Crippen molar-refractivity contribution in [2.75, 3.05) is 0 Å². The fraction of sp³-hybridized carbons (Fsp3) is 0.833. The summed E-state index contributed by atoms with van der Waals surface area (Å²) in [5, 5.41) is 42.6. The van der Waals surface area contributed by atoms with Crippen molar-refractivity contribution in [3.05, 3.63) is 0 Å². The highest BCUT2D eigenvalue weighted by Crippen LogP contribution is 2.19. The number of aldehydes is 1. The minimum absolute atomic E-state index is 0.212. The third-order valence-electron chi connectivity index (χ3n) is 1.52. The SMILES string of the molecule is O=C[C@H](O)[C@@H](O)[C@H](O)[C@H](O)C(O)(F)F. The number of carbonyl (C=O) groups excluding carboxylic acids is 1. The molecule has 0 aliphatic carbocycles. The van der Waals surface area contributed by atoms with Gasteiger partial charge < -0.3 is 30.3 Å². The molecule has 0 aliphatic rings. The number of aliphatic hydroxyl groups excluding tert-OH is 4. The zero-order valence-electron chi connectivity index (χ0n) is 6.79. The smallest absolute Gasteiger partial charge is 0.381 e. The summed E-state index contributed by atoms with van der Waals surface area (Å²) in [5.41, 5.74) is 0. The number of hydrogen-bond donors (Lipinski definition) is 5. The van der Waals surface area contributed by atoms with Crippen molar-refractivity contribution in [1.82, 2.24) is 0 Å². The summed E-state index contributed by atoms with van der Waals surface area (Å²) in [4.78, 5) is 9.87. The zero-order valence-corrected chi connectivity index (χ0v) is 6.79. The van der Waals surface area contributed by atoms with Crippen LogP contribution in [0.2, 0.25) is 0 Å². The fourth-order valence-corrected chi connectivity index (χ4v) is 0.675. The second-order valence-corrected chi connectivity index (χ2v) is 2.64. The van der Waals surface area contributed by atoms with Crippen LogP contribution in [0.25, 0.3) is 0 Å². The van der Waals surface area contributed by atoms with E-state index < -0.39 is 30.5 Å². The van der Waals surface area contributed by atoms with Crippen LogP contribution < -0.4 is 0 Å². The van der Waals surface area contributed by atoms with E-state index in [-0.39, 0.29) is 6.29 Å². The van der Waals surface area contributed by atoms with E-state index in [1.165, 1.54) is 0 Å². The van der Waals surface area contributed by atoms with Crippen molar-refractivity contribution in [1.29, 1.82) is 0 Å². The first-order valence-corrected chi connectivity index (χ1v) is 3.49. The molecule has 0 amide bonds. The number of hydrogen-bond acceptors (Lipinski definition) is 6. The van der Waals surface area contributed by atoms with Crippen LogP contribution in [0.1, 0.15) is 0 Å². The molecule has 84 valence electrons. The Hall–Kier alpha value is -0.670. The molecule has 0 saturated heterocycles. The summed E-state index contributed by atoms with van der Waals surface area (Å²) < 4.78 is 23.9. The number of alkyl halides is 2. The lowest BCUT2D eigenvalue weighted by Gasteiger charge is -2.26. The van der Waals surface area contributed by atoms with E-state index in [0.717, 1.165) is 0 Å². The molecule has 0 aromatic heterocycles. The number of rotatable bonds is 5. The molecule has 0 aromatic carbocycles. The van der Waals surface area contributed by atoms with Crippen LogP contribution in [0.15, 0.2) is 0 Å². The lowest BCUT2D eigenvalue weighted by molar-refractivity contribution is -0.288. The van der Waals surface area contributed by atoms with Gasteiger partial charge in [0.05, 0.1) is 0 Å². The van der Waals surface area contributed by atoms with E-state index in [1.54, 1.807) is 0 Å². The third-order valence-corrected chi connectivity index (χ3v) is 1.52. The standard InChI is InChI=1S/C6H10F2O6/c7-6(8,14)5(13)4(12)3(11)2(10)1-9/h1-5,10-14H/t2-,3+,4-,5-/m0/s1. The number of carbonyl (C=O) groups is 1. The summed E-state index contributed by atoms with van der Waals surface area (Å²) in [6, 6.07) is 0. The van der Waals surface area contributed by atoms with Gasteiger partial charge >= 0.3 is 6.11 Å². The van der Waals surface area contributed by atoms with Gasteiger partial charge in [-0.05, 0) is 0 Å². The van der Waals surface area contributed by atoms with Crippen molar-refractivity contribution < 1.29 is 39.1 Å². The van der Waals surface area contributed by atoms with E-state index >= 15 is 0 Å². The van der Waals surface area contributed by atoms with Crippen molar-refractivity contribution in [2.24, 2.45) is 0 Å². The molecule has 4 atom stereocenters. The second kappa shape index (κ2) is 4.71. The predicted molar refractivity (Wildman–Crippen MR) is 37.3 cm³/mol. The summed E-state index contributed by atoms with van der Waals surface area (Å²) >= 11 is 0.